The van der Waals surface area contributed by atoms with Crippen molar-refractivity contribution in [1.29, 1.82) is 0 Å². The van der Waals surface area contributed by atoms with Gasteiger partial charge in [-0.2, -0.15) is 0 Å². The van der Waals surface area contributed by atoms with E-state index in [1.807, 2.05) is 6.26 Å². The van der Waals surface area contributed by atoms with Crippen LogP contribution in [0.5, 0.6) is 5.75 Å². The number of carboxylic acids is 1. The molecule has 1 aromatic carbocycles. The second-order valence-corrected chi connectivity index (χ2v) is 4.26. The van der Waals surface area contributed by atoms with Gasteiger partial charge in [0.25, 0.3) is 0 Å². The molecule has 1 N–H and O–H groups in total. The number of rotatable bonds is 4. The molecule has 0 aromatic heterocycles. The fourth-order valence-electron chi connectivity index (χ4n) is 1.45. The Morgan fingerprint density at radius 1 is 1.56 bits per heavy atom. The molecule has 1 fully saturated rings. The van der Waals surface area contributed by atoms with Gasteiger partial charge in [-0.25, -0.2) is 4.79 Å². The van der Waals surface area contributed by atoms with E-state index >= 15 is 0 Å². The zero-order valence-electron chi connectivity index (χ0n) is 8.80. The van der Waals surface area contributed by atoms with Gasteiger partial charge < -0.3 is 14.6 Å². The molecular formula is C11H12O4S. The molecule has 1 heterocycles. The van der Waals surface area contributed by atoms with Gasteiger partial charge in [-0.1, -0.05) is 6.07 Å². The number of hydrogen-bond donors (Lipinski definition) is 1. The number of carbonyl (C=O) groups is 1. The number of ether oxygens (including phenoxy) is 2. The Labute approximate surface area is 97.6 Å². The molecule has 0 bridgehead atoms. The predicted octanol–water partition coefficient (Wildman–Crippen LogP) is 1.88. The fraction of sp³-hybridized carbons (Fsp3) is 0.364. The van der Waals surface area contributed by atoms with Crippen molar-refractivity contribution in [2.24, 2.45) is 0 Å². The second-order valence-electron chi connectivity index (χ2n) is 3.42. The average molecular weight is 240 g/mol. The Morgan fingerprint density at radius 2 is 2.31 bits per heavy atom. The van der Waals surface area contributed by atoms with Gasteiger partial charge in [0.05, 0.1) is 13.2 Å². The molecule has 0 saturated carbocycles. The first kappa shape index (κ1) is 11.3. The van der Waals surface area contributed by atoms with E-state index in [4.69, 9.17) is 14.6 Å². The lowest BCUT2D eigenvalue weighted by Gasteiger charge is -2.27. The largest absolute Gasteiger partial charge is 0.485 e. The molecule has 0 aliphatic carbocycles. The highest BCUT2D eigenvalue weighted by atomic mass is 32.2. The Morgan fingerprint density at radius 3 is 2.81 bits per heavy atom. The molecule has 4 nitrogen and oxygen atoms in total. The van der Waals surface area contributed by atoms with E-state index in [1.54, 1.807) is 18.2 Å². The zero-order chi connectivity index (χ0) is 11.5. The van der Waals surface area contributed by atoms with E-state index < -0.39 is 5.97 Å². The molecule has 0 unspecified atom stereocenters. The van der Waals surface area contributed by atoms with Crippen LogP contribution in [-0.2, 0) is 4.74 Å². The molecule has 1 saturated heterocycles. The van der Waals surface area contributed by atoms with Crippen LogP contribution in [-0.4, -0.2) is 36.6 Å². The molecule has 1 aliphatic rings. The van der Waals surface area contributed by atoms with Gasteiger partial charge >= 0.3 is 5.97 Å². The lowest BCUT2D eigenvalue weighted by molar-refractivity contribution is -0.0800. The number of carboxylic acid groups (broad SMARTS) is 1. The van der Waals surface area contributed by atoms with Crippen molar-refractivity contribution in [1.82, 2.24) is 0 Å². The maximum atomic E-state index is 11.2. The molecule has 2 rings (SSSR count). The topological polar surface area (TPSA) is 55.8 Å². The summed E-state index contributed by atoms with van der Waals surface area (Å²) in [6.07, 6.45) is 1.83. The molecule has 0 amide bonds. The molecule has 1 aliphatic heterocycles. The normalized spacial score (nSPS) is 15.6. The molecule has 1 aromatic rings. The van der Waals surface area contributed by atoms with Gasteiger partial charge in [-0.15, -0.1) is 11.8 Å². The van der Waals surface area contributed by atoms with E-state index in [9.17, 15) is 4.79 Å². The standard InChI is InChI=1S/C11H12O4S/c1-16-9-4-2-3-8(10(9)11(12)13)15-7-5-14-6-7/h2-4,7H,5-6H2,1H3,(H,12,13). The quantitative estimate of drug-likeness (QED) is 0.814. The van der Waals surface area contributed by atoms with Crippen molar-refractivity contribution in [2.45, 2.75) is 11.0 Å². The first-order chi connectivity index (χ1) is 7.72. The highest BCUT2D eigenvalue weighted by Crippen LogP contribution is 2.30. The summed E-state index contributed by atoms with van der Waals surface area (Å²) < 4.78 is 10.6. The van der Waals surface area contributed by atoms with E-state index in [2.05, 4.69) is 0 Å². The Kier molecular flexibility index (Phi) is 3.36. The third-order valence-corrected chi connectivity index (χ3v) is 3.10. The minimum atomic E-state index is -0.958. The summed E-state index contributed by atoms with van der Waals surface area (Å²) in [7, 11) is 0. The van der Waals surface area contributed by atoms with E-state index in [-0.39, 0.29) is 11.7 Å². The SMILES string of the molecule is CSc1cccc(OC2COC2)c1C(=O)O. The summed E-state index contributed by atoms with van der Waals surface area (Å²) >= 11 is 1.40. The van der Waals surface area contributed by atoms with Crippen molar-refractivity contribution in [3.05, 3.63) is 23.8 Å². The number of benzene rings is 1. The maximum Gasteiger partial charge on any atom is 0.340 e. The maximum absolute atomic E-state index is 11.2. The number of aromatic carboxylic acids is 1. The van der Waals surface area contributed by atoms with E-state index in [0.717, 1.165) is 0 Å². The van der Waals surface area contributed by atoms with Crippen LogP contribution in [0.2, 0.25) is 0 Å². The van der Waals surface area contributed by atoms with Crippen LogP contribution in [0.15, 0.2) is 23.1 Å². The fourth-order valence-corrected chi connectivity index (χ4v) is 2.06. The minimum Gasteiger partial charge on any atom is -0.485 e. The van der Waals surface area contributed by atoms with Gasteiger partial charge in [0, 0.05) is 4.90 Å². The summed E-state index contributed by atoms with van der Waals surface area (Å²) in [5, 5.41) is 9.16. The molecule has 16 heavy (non-hydrogen) atoms. The number of thioether (sulfide) groups is 1. The summed E-state index contributed by atoms with van der Waals surface area (Å²) in [4.78, 5) is 11.9. The highest BCUT2D eigenvalue weighted by molar-refractivity contribution is 7.98. The Hall–Kier alpha value is -1.20. The van der Waals surface area contributed by atoms with Crippen molar-refractivity contribution < 1.29 is 19.4 Å². The predicted molar refractivity (Wildman–Crippen MR) is 60.4 cm³/mol. The average Bonchev–Trinajstić information content (AvgIpc) is 2.22. The van der Waals surface area contributed by atoms with Crippen LogP contribution in [0, 0.1) is 0 Å². The summed E-state index contributed by atoms with van der Waals surface area (Å²) in [6.45, 7) is 1.06. The smallest absolute Gasteiger partial charge is 0.340 e. The number of hydrogen-bond acceptors (Lipinski definition) is 4. The van der Waals surface area contributed by atoms with Gasteiger partial charge in [-0.05, 0) is 18.4 Å². The van der Waals surface area contributed by atoms with Crippen LogP contribution < -0.4 is 4.74 Å². The molecule has 0 atom stereocenters. The summed E-state index contributed by atoms with van der Waals surface area (Å²) in [6, 6.07) is 5.26. The molecule has 0 radical (unpaired) electrons. The van der Waals surface area contributed by atoms with Gasteiger partial charge in [0.1, 0.15) is 17.4 Å². The summed E-state index contributed by atoms with van der Waals surface area (Å²) in [5.74, 6) is -0.534. The van der Waals surface area contributed by atoms with Crippen molar-refractivity contribution in [3.8, 4) is 5.75 Å². The van der Waals surface area contributed by atoms with Crippen LogP contribution in [0.3, 0.4) is 0 Å². The third kappa shape index (κ3) is 2.15. The van der Waals surface area contributed by atoms with Crippen molar-refractivity contribution in [2.75, 3.05) is 19.5 Å². The first-order valence-electron chi connectivity index (χ1n) is 4.87. The Bertz CT molecular complexity index is 401. The molecular weight excluding hydrogens is 228 g/mol. The van der Waals surface area contributed by atoms with Crippen LogP contribution >= 0.6 is 11.8 Å². The lowest BCUT2D eigenvalue weighted by atomic mass is 10.2. The van der Waals surface area contributed by atoms with Crippen molar-refractivity contribution in [3.63, 3.8) is 0 Å². The minimum absolute atomic E-state index is 0.0183. The van der Waals surface area contributed by atoms with Gasteiger partial charge in [0.2, 0.25) is 0 Å². The Balaban J connectivity index is 2.30. The summed E-state index contributed by atoms with van der Waals surface area (Å²) in [5.41, 5.74) is 0.238. The van der Waals surface area contributed by atoms with E-state index in [0.29, 0.717) is 23.9 Å². The van der Waals surface area contributed by atoms with Crippen molar-refractivity contribution >= 4 is 17.7 Å². The third-order valence-electron chi connectivity index (χ3n) is 2.32. The zero-order valence-corrected chi connectivity index (χ0v) is 9.62. The van der Waals surface area contributed by atoms with Crippen LogP contribution in [0.4, 0.5) is 0 Å². The van der Waals surface area contributed by atoms with Gasteiger partial charge in [-0.3, -0.25) is 0 Å². The van der Waals surface area contributed by atoms with Crippen LogP contribution in [0.25, 0.3) is 0 Å². The second kappa shape index (κ2) is 4.76. The molecule has 5 heteroatoms. The van der Waals surface area contributed by atoms with E-state index in [1.165, 1.54) is 11.8 Å². The van der Waals surface area contributed by atoms with Gasteiger partial charge in [0.15, 0.2) is 0 Å². The molecule has 0 spiro atoms. The molecule has 86 valence electrons. The monoisotopic (exact) mass is 240 g/mol. The first-order valence-corrected chi connectivity index (χ1v) is 6.09. The van der Waals surface area contributed by atoms with Crippen LogP contribution in [0.1, 0.15) is 10.4 Å². The highest BCUT2D eigenvalue weighted by Gasteiger charge is 2.24. The lowest BCUT2D eigenvalue weighted by Crippen LogP contribution is -2.38.